The van der Waals surface area contributed by atoms with Gasteiger partial charge in [0.05, 0.1) is 27.6 Å². The molecule has 2 unspecified atom stereocenters. The minimum atomic E-state index is -0.463. The van der Waals surface area contributed by atoms with Crippen molar-refractivity contribution in [1.82, 2.24) is 4.90 Å². The molecule has 7 heteroatoms. The van der Waals surface area contributed by atoms with E-state index in [-0.39, 0.29) is 35.2 Å². The van der Waals surface area contributed by atoms with Gasteiger partial charge in [0.15, 0.2) is 0 Å². The average Bonchev–Trinajstić information content (AvgIpc) is 2.77. The maximum absolute atomic E-state index is 12.3. The molecule has 1 aromatic rings. The van der Waals surface area contributed by atoms with Crippen LogP contribution in [0.1, 0.15) is 25.7 Å². The third-order valence-corrected chi connectivity index (χ3v) is 5.28. The molecule has 5 nitrogen and oxygen atoms in total. The topological polar surface area (TPSA) is 66.5 Å². The molecule has 1 saturated heterocycles. The second kappa shape index (κ2) is 6.49. The molecule has 3 rings (SSSR count). The van der Waals surface area contributed by atoms with Gasteiger partial charge in [-0.3, -0.25) is 19.3 Å². The van der Waals surface area contributed by atoms with Crippen LogP contribution in [0.2, 0.25) is 10.0 Å². The van der Waals surface area contributed by atoms with E-state index in [1.165, 1.54) is 0 Å². The Morgan fingerprint density at radius 2 is 1.74 bits per heavy atom. The molecule has 0 spiro atoms. The maximum atomic E-state index is 12.3. The van der Waals surface area contributed by atoms with Crippen LogP contribution in [0.4, 0.5) is 5.69 Å². The second-order valence-corrected chi connectivity index (χ2v) is 6.69. The number of hydrogen-bond acceptors (Lipinski definition) is 3. The van der Waals surface area contributed by atoms with Gasteiger partial charge in [0.1, 0.15) is 6.54 Å². The summed E-state index contributed by atoms with van der Waals surface area (Å²) >= 11 is 11.9. The van der Waals surface area contributed by atoms with E-state index in [2.05, 4.69) is 5.32 Å². The molecular formula is C16H16Cl2N2O3. The molecule has 1 aromatic carbocycles. The fraction of sp³-hybridized carbons (Fsp3) is 0.438. The summed E-state index contributed by atoms with van der Waals surface area (Å²) in [4.78, 5) is 37.9. The SMILES string of the molecule is O=C(CN1C(=O)C2CCCCC2C1=O)Nc1cccc(Cl)c1Cl. The highest BCUT2D eigenvalue weighted by atomic mass is 35.5. The van der Waals surface area contributed by atoms with Crippen molar-refractivity contribution in [2.24, 2.45) is 11.8 Å². The van der Waals surface area contributed by atoms with Gasteiger partial charge in [-0.1, -0.05) is 42.1 Å². The van der Waals surface area contributed by atoms with E-state index in [0.29, 0.717) is 10.7 Å². The lowest BCUT2D eigenvalue weighted by Gasteiger charge is -2.19. The van der Waals surface area contributed by atoms with Gasteiger partial charge in [-0.15, -0.1) is 0 Å². The molecule has 3 amide bonds. The number of nitrogens with one attached hydrogen (secondary N) is 1. The average molecular weight is 355 g/mol. The van der Waals surface area contributed by atoms with E-state index >= 15 is 0 Å². The number of anilines is 1. The normalized spacial score (nSPS) is 23.8. The highest BCUT2D eigenvalue weighted by molar-refractivity contribution is 6.44. The van der Waals surface area contributed by atoms with E-state index in [1.807, 2.05) is 0 Å². The second-order valence-electron chi connectivity index (χ2n) is 5.91. The molecule has 0 radical (unpaired) electrons. The standard InChI is InChI=1S/C16H16Cl2N2O3/c17-11-6-3-7-12(14(11)18)19-13(21)8-20-15(22)9-4-1-2-5-10(9)16(20)23/h3,6-7,9-10H,1-2,4-5,8H2,(H,19,21). The minimum Gasteiger partial charge on any atom is -0.323 e. The summed E-state index contributed by atoms with van der Waals surface area (Å²) in [6, 6.07) is 4.88. The summed E-state index contributed by atoms with van der Waals surface area (Å²) in [5, 5.41) is 3.15. The van der Waals surface area contributed by atoms with E-state index < -0.39 is 5.91 Å². The Kier molecular flexibility index (Phi) is 4.60. The van der Waals surface area contributed by atoms with Crippen LogP contribution in [0.5, 0.6) is 0 Å². The summed E-state index contributed by atoms with van der Waals surface area (Å²) < 4.78 is 0. The lowest BCUT2D eigenvalue weighted by atomic mass is 9.81. The zero-order valence-corrected chi connectivity index (χ0v) is 13.9. The number of imide groups is 1. The van der Waals surface area contributed by atoms with Gasteiger partial charge in [-0.2, -0.15) is 0 Å². The highest BCUT2D eigenvalue weighted by Gasteiger charge is 2.48. The van der Waals surface area contributed by atoms with Gasteiger partial charge >= 0.3 is 0 Å². The zero-order valence-electron chi connectivity index (χ0n) is 12.4. The fourth-order valence-electron chi connectivity index (χ4n) is 3.32. The Morgan fingerprint density at radius 3 is 2.35 bits per heavy atom. The van der Waals surface area contributed by atoms with Crippen molar-refractivity contribution in [3.8, 4) is 0 Å². The quantitative estimate of drug-likeness (QED) is 0.848. The summed E-state index contributed by atoms with van der Waals surface area (Å²) in [5.74, 6) is -1.42. The number of halogens is 2. The van der Waals surface area contributed by atoms with Gasteiger partial charge in [0.2, 0.25) is 17.7 Å². The molecule has 1 aliphatic carbocycles. The minimum absolute atomic E-state index is 0.230. The fourth-order valence-corrected chi connectivity index (χ4v) is 3.67. The molecule has 23 heavy (non-hydrogen) atoms. The van der Waals surface area contributed by atoms with Crippen LogP contribution >= 0.6 is 23.2 Å². The monoisotopic (exact) mass is 354 g/mol. The van der Waals surface area contributed by atoms with Crippen molar-refractivity contribution >= 4 is 46.6 Å². The summed E-state index contributed by atoms with van der Waals surface area (Å²) in [6.45, 7) is -0.284. The van der Waals surface area contributed by atoms with Crippen molar-refractivity contribution in [2.75, 3.05) is 11.9 Å². The number of rotatable bonds is 3. The van der Waals surface area contributed by atoms with Crippen LogP contribution in [0.3, 0.4) is 0 Å². The molecule has 2 fully saturated rings. The first kappa shape index (κ1) is 16.3. The number of nitrogens with zero attached hydrogens (tertiary/aromatic N) is 1. The van der Waals surface area contributed by atoms with Crippen LogP contribution in [0.15, 0.2) is 18.2 Å². The predicted octanol–water partition coefficient (Wildman–Crippen LogP) is 3.11. The first-order chi connectivity index (χ1) is 11.0. The Balaban J connectivity index is 1.69. The number of amides is 3. The van der Waals surface area contributed by atoms with Gasteiger partial charge < -0.3 is 5.32 Å². The largest absolute Gasteiger partial charge is 0.323 e. The van der Waals surface area contributed by atoms with Crippen molar-refractivity contribution in [3.05, 3.63) is 28.2 Å². The van der Waals surface area contributed by atoms with Crippen molar-refractivity contribution < 1.29 is 14.4 Å². The third kappa shape index (κ3) is 3.08. The van der Waals surface area contributed by atoms with E-state index in [4.69, 9.17) is 23.2 Å². The molecule has 1 saturated carbocycles. The predicted molar refractivity (Wildman–Crippen MR) is 87.3 cm³/mol. The number of hydrogen-bond donors (Lipinski definition) is 1. The number of carbonyl (C=O) groups excluding carboxylic acids is 3. The number of likely N-dealkylation sites (tertiary alicyclic amines) is 1. The smallest absolute Gasteiger partial charge is 0.244 e. The van der Waals surface area contributed by atoms with Crippen LogP contribution < -0.4 is 5.32 Å². The first-order valence-electron chi connectivity index (χ1n) is 7.58. The molecule has 0 bridgehead atoms. The van der Waals surface area contributed by atoms with E-state index in [1.54, 1.807) is 18.2 Å². The molecule has 1 aliphatic heterocycles. The Hall–Kier alpha value is -1.59. The maximum Gasteiger partial charge on any atom is 0.244 e. The van der Waals surface area contributed by atoms with Crippen LogP contribution in [-0.2, 0) is 14.4 Å². The lowest BCUT2D eigenvalue weighted by molar-refractivity contribution is -0.142. The van der Waals surface area contributed by atoms with E-state index in [9.17, 15) is 14.4 Å². The first-order valence-corrected chi connectivity index (χ1v) is 8.33. The third-order valence-electron chi connectivity index (χ3n) is 4.46. The molecule has 122 valence electrons. The summed E-state index contributed by atoms with van der Waals surface area (Å²) in [6.07, 6.45) is 3.37. The Labute approximate surface area is 143 Å². The summed E-state index contributed by atoms with van der Waals surface area (Å²) in [5.41, 5.74) is 0.362. The highest BCUT2D eigenvalue weighted by Crippen LogP contribution is 2.38. The zero-order chi connectivity index (χ0) is 16.6. The molecule has 0 aromatic heterocycles. The van der Waals surface area contributed by atoms with Crippen LogP contribution in [-0.4, -0.2) is 29.2 Å². The molecule has 1 heterocycles. The van der Waals surface area contributed by atoms with Gasteiger partial charge in [0.25, 0.3) is 0 Å². The van der Waals surface area contributed by atoms with Crippen LogP contribution in [0, 0.1) is 11.8 Å². The molecule has 1 N–H and O–H groups in total. The molecule has 2 aliphatic rings. The number of carbonyl (C=O) groups is 3. The molecular weight excluding hydrogens is 339 g/mol. The van der Waals surface area contributed by atoms with Gasteiger partial charge in [-0.25, -0.2) is 0 Å². The Morgan fingerprint density at radius 1 is 1.13 bits per heavy atom. The number of fused-ring (bicyclic) bond motifs is 1. The lowest BCUT2D eigenvalue weighted by Crippen LogP contribution is -2.38. The van der Waals surface area contributed by atoms with Crippen molar-refractivity contribution in [3.63, 3.8) is 0 Å². The molecule has 2 atom stereocenters. The Bertz CT molecular complexity index is 653. The summed E-state index contributed by atoms with van der Waals surface area (Å²) in [7, 11) is 0. The van der Waals surface area contributed by atoms with Crippen molar-refractivity contribution in [1.29, 1.82) is 0 Å². The van der Waals surface area contributed by atoms with Crippen LogP contribution in [0.25, 0.3) is 0 Å². The van der Waals surface area contributed by atoms with E-state index in [0.717, 1.165) is 30.6 Å². The van der Waals surface area contributed by atoms with Gasteiger partial charge in [-0.05, 0) is 25.0 Å². The van der Waals surface area contributed by atoms with Crippen molar-refractivity contribution in [2.45, 2.75) is 25.7 Å². The number of benzene rings is 1. The van der Waals surface area contributed by atoms with Gasteiger partial charge in [0, 0.05) is 0 Å².